The monoisotopic (exact) mass is 397 g/mol. The van der Waals surface area contributed by atoms with Crippen LogP contribution in [-0.4, -0.2) is 28.7 Å². The zero-order valence-corrected chi connectivity index (χ0v) is 16.0. The molecule has 2 aromatic carbocycles. The van der Waals surface area contributed by atoms with Crippen molar-refractivity contribution < 1.29 is 14.3 Å². The maximum absolute atomic E-state index is 12.6. The Morgan fingerprint density at radius 1 is 1.18 bits per heavy atom. The highest BCUT2D eigenvalue weighted by Gasteiger charge is 2.18. The molecule has 144 valence electrons. The Morgan fingerprint density at radius 3 is 2.89 bits per heavy atom. The molecule has 7 heteroatoms. The van der Waals surface area contributed by atoms with Crippen molar-refractivity contribution in [3.05, 3.63) is 76.8 Å². The normalized spacial score (nSPS) is 13.0. The van der Waals surface area contributed by atoms with E-state index in [1.54, 1.807) is 24.7 Å². The van der Waals surface area contributed by atoms with Crippen LogP contribution in [0.25, 0.3) is 0 Å². The first-order valence-corrected chi connectivity index (χ1v) is 9.48. The van der Waals surface area contributed by atoms with Gasteiger partial charge < -0.3 is 19.4 Å². The fourth-order valence-corrected chi connectivity index (χ4v) is 3.34. The maximum atomic E-state index is 12.6. The van der Waals surface area contributed by atoms with Gasteiger partial charge in [0.1, 0.15) is 0 Å². The molecule has 0 saturated heterocycles. The molecule has 0 atom stereocenters. The predicted molar refractivity (Wildman–Crippen MR) is 106 cm³/mol. The minimum absolute atomic E-state index is 0.211. The molecule has 1 aliphatic rings. The Labute approximate surface area is 168 Å². The maximum Gasteiger partial charge on any atom is 0.251 e. The summed E-state index contributed by atoms with van der Waals surface area (Å²) in [6, 6.07) is 11.4. The molecule has 0 radical (unpaired) electrons. The average Bonchev–Trinajstić information content (AvgIpc) is 3.08. The molecule has 0 unspecified atom stereocenters. The van der Waals surface area contributed by atoms with E-state index in [1.807, 2.05) is 22.9 Å². The van der Waals surface area contributed by atoms with Crippen LogP contribution in [0.1, 0.15) is 27.9 Å². The smallest absolute Gasteiger partial charge is 0.251 e. The molecular formula is C21H20ClN3O3. The molecule has 0 bridgehead atoms. The first kappa shape index (κ1) is 18.4. The van der Waals surface area contributed by atoms with Crippen LogP contribution in [0, 0.1) is 0 Å². The van der Waals surface area contributed by atoms with Crippen molar-refractivity contribution in [1.29, 1.82) is 0 Å². The second kappa shape index (κ2) is 8.35. The van der Waals surface area contributed by atoms with Crippen LogP contribution >= 0.6 is 11.6 Å². The summed E-state index contributed by atoms with van der Waals surface area (Å²) in [5.74, 6) is 0.804. The van der Waals surface area contributed by atoms with Crippen molar-refractivity contribution >= 4 is 17.5 Å². The second-order valence-electron chi connectivity index (χ2n) is 6.57. The quantitative estimate of drug-likeness (QED) is 0.713. The number of nitrogens with zero attached hydrogens (tertiary/aromatic N) is 2. The first-order valence-electron chi connectivity index (χ1n) is 9.10. The van der Waals surface area contributed by atoms with Crippen LogP contribution < -0.4 is 14.8 Å². The van der Waals surface area contributed by atoms with E-state index in [0.717, 1.165) is 24.1 Å². The van der Waals surface area contributed by atoms with E-state index < -0.39 is 0 Å². The number of rotatable bonds is 5. The van der Waals surface area contributed by atoms with Gasteiger partial charge >= 0.3 is 0 Å². The van der Waals surface area contributed by atoms with Crippen molar-refractivity contribution in [2.75, 3.05) is 13.2 Å². The average molecular weight is 398 g/mol. The molecule has 1 amide bonds. The van der Waals surface area contributed by atoms with Crippen LogP contribution in [0.15, 0.2) is 55.1 Å². The number of carbonyl (C=O) groups is 1. The van der Waals surface area contributed by atoms with Crippen LogP contribution in [0.2, 0.25) is 5.02 Å². The summed E-state index contributed by atoms with van der Waals surface area (Å²) in [5.41, 5.74) is 2.61. The number of carbonyl (C=O) groups excluding carboxylic acids is 1. The lowest BCUT2D eigenvalue weighted by atomic mass is 10.1. The molecule has 2 heterocycles. The van der Waals surface area contributed by atoms with Crippen molar-refractivity contribution in [2.24, 2.45) is 0 Å². The Bertz CT molecular complexity index is 973. The molecule has 4 rings (SSSR count). The van der Waals surface area contributed by atoms with Crippen molar-refractivity contribution in [1.82, 2.24) is 14.9 Å². The van der Waals surface area contributed by atoms with E-state index in [2.05, 4.69) is 22.4 Å². The van der Waals surface area contributed by atoms with Gasteiger partial charge in [-0.2, -0.15) is 0 Å². The van der Waals surface area contributed by atoms with Gasteiger partial charge in [-0.15, -0.1) is 0 Å². The summed E-state index contributed by atoms with van der Waals surface area (Å²) < 4.78 is 13.3. The van der Waals surface area contributed by atoms with E-state index in [1.165, 1.54) is 0 Å². The van der Waals surface area contributed by atoms with E-state index in [-0.39, 0.29) is 5.91 Å². The van der Waals surface area contributed by atoms with Gasteiger partial charge in [-0.25, -0.2) is 4.98 Å². The standard InChI is InChI=1S/C21H20ClN3O3/c22-18-10-17(11-19-20(18)28-8-2-7-27-19)21(26)24-12-15-3-1-4-16(9-15)13-25-6-5-23-14-25/h1,3-6,9-11,14H,2,7-8,12-13H2,(H,24,26). The lowest BCUT2D eigenvalue weighted by Crippen LogP contribution is -2.23. The highest BCUT2D eigenvalue weighted by molar-refractivity contribution is 6.32. The summed E-state index contributed by atoms with van der Waals surface area (Å²) in [4.78, 5) is 16.7. The molecule has 1 aromatic heterocycles. The molecule has 28 heavy (non-hydrogen) atoms. The van der Waals surface area contributed by atoms with Gasteiger partial charge in [0, 0.05) is 37.5 Å². The highest BCUT2D eigenvalue weighted by atomic mass is 35.5. The zero-order chi connectivity index (χ0) is 19.3. The number of amides is 1. The number of halogens is 1. The summed E-state index contributed by atoms with van der Waals surface area (Å²) in [6.07, 6.45) is 6.23. The molecule has 3 aromatic rings. The van der Waals surface area contributed by atoms with Crippen molar-refractivity contribution in [2.45, 2.75) is 19.5 Å². The number of hydrogen-bond acceptors (Lipinski definition) is 4. The fraction of sp³-hybridized carbons (Fsp3) is 0.238. The van der Waals surface area contributed by atoms with Gasteiger partial charge in [0.05, 0.1) is 24.6 Å². The predicted octanol–water partition coefficient (Wildman–Crippen LogP) is 3.68. The SMILES string of the molecule is O=C(NCc1cccc(Cn2ccnc2)c1)c1cc(Cl)c2c(c1)OCCCO2. The van der Waals surface area contributed by atoms with E-state index in [0.29, 0.717) is 41.8 Å². The molecule has 0 spiro atoms. The van der Waals surface area contributed by atoms with E-state index in [9.17, 15) is 4.79 Å². The molecule has 1 N–H and O–H groups in total. The topological polar surface area (TPSA) is 65.4 Å². The lowest BCUT2D eigenvalue weighted by molar-refractivity contribution is 0.0950. The van der Waals surface area contributed by atoms with Gasteiger partial charge in [-0.05, 0) is 23.3 Å². The number of fused-ring (bicyclic) bond motifs is 1. The summed E-state index contributed by atoms with van der Waals surface area (Å²) >= 11 is 6.28. The number of benzene rings is 2. The van der Waals surface area contributed by atoms with Gasteiger partial charge in [-0.3, -0.25) is 4.79 Å². The largest absolute Gasteiger partial charge is 0.489 e. The van der Waals surface area contributed by atoms with Crippen molar-refractivity contribution in [3.63, 3.8) is 0 Å². The second-order valence-corrected chi connectivity index (χ2v) is 6.98. The lowest BCUT2D eigenvalue weighted by Gasteiger charge is -2.12. The summed E-state index contributed by atoms with van der Waals surface area (Å²) in [7, 11) is 0. The third-order valence-corrected chi connectivity index (χ3v) is 4.71. The molecule has 0 fully saturated rings. The van der Waals surface area contributed by atoms with E-state index in [4.69, 9.17) is 21.1 Å². The van der Waals surface area contributed by atoms with Crippen molar-refractivity contribution in [3.8, 4) is 11.5 Å². The number of nitrogens with one attached hydrogen (secondary N) is 1. The van der Waals surface area contributed by atoms with E-state index >= 15 is 0 Å². The number of ether oxygens (including phenoxy) is 2. The molecule has 6 nitrogen and oxygen atoms in total. The third kappa shape index (κ3) is 4.28. The Hall–Kier alpha value is -2.99. The fourth-order valence-electron chi connectivity index (χ4n) is 3.08. The summed E-state index contributed by atoms with van der Waals surface area (Å²) in [5, 5.41) is 3.32. The van der Waals surface area contributed by atoms with Gasteiger partial charge in [-0.1, -0.05) is 35.9 Å². The Balaban J connectivity index is 1.43. The van der Waals surface area contributed by atoms with Crippen LogP contribution in [-0.2, 0) is 13.1 Å². The van der Waals surface area contributed by atoms with Gasteiger partial charge in [0.25, 0.3) is 5.91 Å². The molecule has 0 saturated carbocycles. The molecule has 0 aliphatic carbocycles. The van der Waals surface area contributed by atoms with Crippen LogP contribution in [0.3, 0.4) is 0 Å². The first-order chi connectivity index (χ1) is 13.7. The van der Waals surface area contributed by atoms with Gasteiger partial charge in [0.15, 0.2) is 11.5 Å². The van der Waals surface area contributed by atoms with Crippen LogP contribution in [0.5, 0.6) is 11.5 Å². The van der Waals surface area contributed by atoms with Gasteiger partial charge in [0.2, 0.25) is 0 Å². The Kier molecular flexibility index (Phi) is 5.48. The minimum atomic E-state index is -0.211. The number of aromatic nitrogens is 2. The van der Waals surface area contributed by atoms with Crippen LogP contribution in [0.4, 0.5) is 0 Å². The number of hydrogen-bond donors (Lipinski definition) is 1. The Morgan fingerprint density at radius 2 is 2.04 bits per heavy atom. The third-order valence-electron chi connectivity index (χ3n) is 4.43. The molecule has 1 aliphatic heterocycles. The minimum Gasteiger partial charge on any atom is -0.489 e. The molecular weight excluding hydrogens is 378 g/mol. The zero-order valence-electron chi connectivity index (χ0n) is 15.2. The number of imidazole rings is 1. The summed E-state index contributed by atoms with van der Waals surface area (Å²) in [6.45, 7) is 2.24. The highest BCUT2D eigenvalue weighted by Crippen LogP contribution is 2.37.